The molecule has 2 atom stereocenters. The van der Waals surface area contributed by atoms with E-state index in [0.717, 1.165) is 56.9 Å². The van der Waals surface area contributed by atoms with Gasteiger partial charge in [0.1, 0.15) is 5.75 Å². The number of ketones is 1. The Morgan fingerprint density at radius 2 is 1.69 bits per heavy atom. The van der Waals surface area contributed by atoms with Gasteiger partial charge in [-0.25, -0.2) is 0 Å². The van der Waals surface area contributed by atoms with Crippen LogP contribution >= 0.6 is 0 Å². The van der Waals surface area contributed by atoms with E-state index < -0.39 is 0 Å². The quantitative estimate of drug-likeness (QED) is 0.459. The Labute approximate surface area is 190 Å². The third kappa shape index (κ3) is 5.75. The molecule has 32 heavy (non-hydrogen) atoms. The van der Waals surface area contributed by atoms with Crippen molar-refractivity contribution >= 4 is 11.7 Å². The zero-order valence-corrected chi connectivity index (χ0v) is 18.6. The zero-order valence-electron chi connectivity index (χ0n) is 18.6. The Bertz CT molecular complexity index is 892. The minimum absolute atomic E-state index is 0.107. The minimum atomic E-state index is 0.107. The molecule has 1 amide bonds. The predicted molar refractivity (Wildman–Crippen MR) is 125 cm³/mol. The van der Waals surface area contributed by atoms with E-state index in [1.165, 1.54) is 5.56 Å². The molecule has 0 aromatic heterocycles. The third-order valence-corrected chi connectivity index (χ3v) is 6.46. The number of hydrogen-bond acceptors (Lipinski definition) is 5. The molecule has 2 aromatic carbocycles. The van der Waals surface area contributed by atoms with Crippen LogP contribution in [0.5, 0.6) is 5.75 Å². The fourth-order valence-corrected chi connectivity index (χ4v) is 4.46. The average molecular weight is 436 g/mol. The van der Waals surface area contributed by atoms with Gasteiger partial charge in [-0.15, -0.1) is 0 Å². The second-order valence-electron chi connectivity index (χ2n) is 8.71. The summed E-state index contributed by atoms with van der Waals surface area (Å²) in [7, 11) is 0. The minimum Gasteiger partial charge on any atom is -0.494 e. The highest BCUT2D eigenvalue weighted by Crippen LogP contribution is 2.49. The van der Waals surface area contributed by atoms with Gasteiger partial charge in [-0.1, -0.05) is 30.3 Å². The summed E-state index contributed by atoms with van der Waals surface area (Å²) in [4.78, 5) is 28.9. The first-order valence-electron chi connectivity index (χ1n) is 11.7. The summed E-state index contributed by atoms with van der Waals surface area (Å²) in [5.41, 5.74) is 7.50. The smallest absolute Gasteiger partial charge is 0.223 e. The molecule has 2 N–H and O–H groups in total. The molecule has 0 bridgehead atoms. The number of amides is 1. The van der Waals surface area contributed by atoms with Crippen LogP contribution < -0.4 is 10.5 Å². The van der Waals surface area contributed by atoms with Crippen molar-refractivity contribution in [3.8, 4) is 5.75 Å². The number of carbonyl (C=O) groups is 2. The van der Waals surface area contributed by atoms with E-state index in [9.17, 15) is 9.59 Å². The summed E-state index contributed by atoms with van der Waals surface area (Å²) in [6.45, 7) is 5.37. The maximum Gasteiger partial charge on any atom is 0.223 e. The highest BCUT2D eigenvalue weighted by molar-refractivity contribution is 6.00. The summed E-state index contributed by atoms with van der Waals surface area (Å²) < 4.78 is 5.87. The molecule has 1 saturated heterocycles. The molecule has 2 aromatic rings. The fourth-order valence-electron chi connectivity index (χ4n) is 4.46. The van der Waals surface area contributed by atoms with E-state index in [4.69, 9.17) is 10.5 Å². The maximum absolute atomic E-state index is 12.8. The van der Waals surface area contributed by atoms with E-state index in [2.05, 4.69) is 17.0 Å². The van der Waals surface area contributed by atoms with Crippen molar-refractivity contribution in [3.63, 3.8) is 0 Å². The summed E-state index contributed by atoms with van der Waals surface area (Å²) in [5, 5.41) is 0. The van der Waals surface area contributed by atoms with Crippen molar-refractivity contribution in [2.45, 2.75) is 25.2 Å². The van der Waals surface area contributed by atoms with Crippen LogP contribution in [0.1, 0.15) is 41.1 Å². The number of Topliss-reactive ketones (excluding diaryl/α,β-unsaturated/α-hetero) is 1. The van der Waals surface area contributed by atoms with Crippen LogP contribution in [0.2, 0.25) is 0 Å². The summed E-state index contributed by atoms with van der Waals surface area (Å²) >= 11 is 0. The third-order valence-electron chi connectivity index (χ3n) is 6.46. The summed E-state index contributed by atoms with van der Waals surface area (Å²) in [6.07, 6.45) is 2.31. The molecule has 2 fully saturated rings. The van der Waals surface area contributed by atoms with E-state index in [-0.39, 0.29) is 17.6 Å². The first-order valence-corrected chi connectivity index (χ1v) is 11.7. The van der Waals surface area contributed by atoms with Crippen LogP contribution in [0, 0.1) is 5.92 Å². The van der Waals surface area contributed by atoms with Crippen molar-refractivity contribution in [2.75, 3.05) is 45.9 Å². The van der Waals surface area contributed by atoms with Gasteiger partial charge >= 0.3 is 0 Å². The molecule has 1 aliphatic carbocycles. The number of ether oxygens (including phenoxy) is 1. The first kappa shape index (κ1) is 22.5. The number of piperazine rings is 1. The number of nitrogens with zero attached hydrogens (tertiary/aromatic N) is 2. The molecule has 0 unspecified atom stereocenters. The summed E-state index contributed by atoms with van der Waals surface area (Å²) in [6, 6.07) is 17.9. The molecular formula is C26H33N3O3. The van der Waals surface area contributed by atoms with Gasteiger partial charge < -0.3 is 15.4 Å². The van der Waals surface area contributed by atoms with Gasteiger partial charge in [-0.3, -0.25) is 14.5 Å². The molecule has 2 aliphatic rings. The van der Waals surface area contributed by atoms with E-state index in [0.29, 0.717) is 25.5 Å². The molecule has 4 rings (SSSR count). The number of carbonyl (C=O) groups excluding carboxylic acids is 2. The zero-order chi connectivity index (χ0) is 22.3. The van der Waals surface area contributed by atoms with Crippen LogP contribution in [-0.2, 0) is 4.79 Å². The van der Waals surface area contributed by atoms with E-state index >= 15 is 0 Å². The van der Waals surface area contributed by atoms with Crippen LogP contribution in [0.25, 0.3) is 0 Å². The molecule has 1 heterocycles. The molecule has 1 aliphatic heterocycles. The van der Waals surface area contributed by atoms with Gasteiger partial charge in [0.15, 0.2) is 5.78 Å². The fraction of sp³-hybridized carbons (Fsp3) is 0.462. The second-order valence-corrected chi connectivity index (χ2v) is 8.71. The van der Waals surface area contributed by atoms with E-state index in [1.54, 1.807) is 0 Å². The normalized spacial score (nSPS) is 20.7. The maximum atomic E-state index is 12.8. The topological polar surface area (TPSA) is 75.9 Å². The predicted octanol–water partition coefficient (Wildman–Crippen LogP) is 2.93. The molecule has 0 radical (unpaired) electrons. The Balaban J connectivity index is 1.15. The van der Waals surface area contributed by atoms with Gasteiger partial charge in [0.05, 0.1) is 6.61 Å². The Morgan fingerprint density at radius 3 is 2.38 bits per heavy atom. The van der Waals surface area contributed by atoms with Crippen LogP contribution in [-0.4, -0.2) is 67.4 Å². The lowest BCUT2D eigenvalue weighted by Gasteiger charge is -2.34. The van der Waals surface area contributed by atoms with Crippen molar-refractivity contribution in [2.24, 2.45) is 11.7 Å². The van der Waals surface area contributed by atoms with E-state index in [1.807, 2.05) is 47.4 Å². The Morgan fingerprint density at radius 1 is 0.969 bits per heavy atom. The second kappa shape index (κ2) is 10.7. The number of benzene rings is 2. The molecule has 6 nitrogen and oxygen atoms in total. The highest BCUT2D eigenvalue weighted by Gasteiger charge is 2.43. The number of hydrogen-bond donors (Lipinski definition) is 1. The lowest BCUT2D eigenvalue weighted by atomic mass is 10.0. The van der Waals surface area contributed by atoms with Crippen LogP contribution in [0.15, 0.2) is 54.6 Å². The Kier molecular flexibility index (Phi) is 7.55. The van der Waals surface area contributed by atoms with Crippen molar-refractivity contribution in [1.82, 2.24) is 9.80 Å². The molecule has 170 valence electrons. The number of rotatable bonds is 10. The van der Waals surface area contributed by atoms with Crippen molar-refractivity contribution < 1.29 is 14.3 Å². The monoisotopic (exact) mass is 435 g/mol. The standard InChI is InChI=1S/C26H33N3O3/c27-12-11-25(30)29-16-14-28(15-17-29)13-4-18-32-22-9-7-21(8-10-22)26(31)24-19-23(24)20-5-2-1-3-6-20/h1-3,5-10,23-24H,4,11-19,27H2/t23-,24+/m0/s1. The van der Waals surface area contributed by atoms with Crippen LogP contribution in [0.4, 0.5) is 0 Å². The van der Waals surface area contributed by atoms with Crippen molar-refractivity contribution in [3.05, 3.63) is 65.7 Å². The SMILES string of the molecule is NCCC(=O)N1CCN(CCCOc2ccc(C(=O)[C@@H]3C[C@H]3c3ccccc3)cc2)CC1. The van der Waals surface area contributed by atoms with Crippen LogP contribution in [0.3, 0.4) is 0 Å². The molecule has 0 spiro atoms. The van der Waals surface area contributed by atoms with Gasteiger partial charge in [-0.05, 0) is 48.6 Å². The Hall–Kier alpha value is -2.70. The van der Waals surface area contributed by atoms with Gasteiger partial charge in [-0.2, -0.15) is 0 Å². The lowest BCUT2D eigenvalue weighted by Crippen LogP contribution is -2.49. The van der Waals surface area contributed by atoms with Crippen molar-refractivity contribution in [1.29, 1.82) is 0 Å². The lowest BCUT2D eigenvalue weighted by molar-refractivity contribution is -0.132. The molecule has 6 heteroatoms. The van der Waals surface area contributed by atoms with Gasteiger partial charge in [0.25, 0.3) is 0 Å². The largest absolute Gasteiger partial charge is 0.494 e. The molecule has 1 saturated carbocycles. The molecular weight excluding hydrogens is 402 g/mol. The van der Waals surface area contributed by atoms with Gasteiger partial charge in [0, 0.05) is 57.2 Å². The average Bonchev–Trinajstić information content (AvgIpc) is 3.64. The summed E-state index contributed by atoms with van der Waals surface area (Å²) in [5.74, 6) is 1.66. The van der Waals surface area contributed by atoms with Gasteiger partial charge in [0.2, 0.25) is 5.91 Å². The number of nitrogens with two attached hydrogens (primary N) is 1. The highest BCUT2D eigenvalue weighted by atomic mass is 16.5. The first-order chi connectivity index (χ1) is 15.7.